The first-order valence-electron chi connectivity index (χ1n) is 16.5. The molecule has 0 unspecified atom stereocenters. The lowest BCUT2D eigenvalue weighted by Gasteiger charge is -2.50. The standard InChI is InChI=1S/C39H32N4O7/c1-22-14-16-24(17-15-22)40-42-36(46)31-21-30-27(18-19-29-33(30)37(47)41(35(29)45)25-10-7-11-26(20-25)43(49)50)34(28-12-5-6-13-32(28)44)39(31,38(42)48)23-8-3-2-4-9-23/h2-18,20,29-31,33-34,40,44H,19,21H2,1H3/t29-,30+,31-,33-,34+,39+/m0/s1. The average molecular weight is 669 g/mol. The number of aryl methyl sites for hydroxylation is 1. The van der Waals surface area contributed by atoms with Gasteiger partial charge in [0.1, 0.15) is 5.75 Å². The third-order valence-electron chi connectivity index (χ3n) is 10.9. The lowest BCUT2D eigenvalue weighted by atomic mass is 9.49. The fourth-order valence-corrected chi connectivity index (χ4v) is 8.82. The van der Waals surface area contributed by atoms with E-state index in [9.17, 15) is 29.6 Å². The Hall–Kier alpha value is -6.10. The minimum Gasteiger partial charge on any atom is -0.508 e. The molecule has 0 spiro atoms. The van der Waals surface area contributed by atoms with Gasteiger partial charge in [0.15, 0.2) is 0 Å². The van der Waals surface area contributed by atoms with Crippen molar-refractivity contribution in [2.45, 2.75) is 31.1 Å². The molecule has 1 saturated carbocycles. The monoisotopic (exact) mass is 668 g/mol. The summed E-state index contributed by atoms with van der Waals surface area (Å²) in [4.78, 5) is 70.2. The number of anilines is 2. The maximum absolute atomic E-state index is 15.1. The van der Waals surface area contributed by atoms with Crippen LogP contribution in [0.2, 0.25) is 0 Å². The Bertz CT molecular complexity index is 2130. The number of non-ortho nitro benzene ring substituents is 1. The second-order valence-electron chi connectivity index (χ2n) is 13.4. The third kappa shape index (κ3) is 4.42. The summed E-state index contributed by atoms with van der Waals surface area (Å²) in [6.07, 6.45) is 2.17. The van der Waals surface area contributed by atoms with Crippen molar-refractivity contribution in [2.75, 3.05) is 10.3 Å². The molecular weight excluding hydrogens is 636 g/mol. The van der Waals surface area contributed by atoms with Gasteiger partial charge in [0.25, 0.3) is 17.5 Å². The summed E-state index contributed by atoms with van der Waals surface area (Å²) in [7, 11) is 0. The highest BCUT2D eigenvalue weighted by Gasteiger charge is 2.70. The number of phenolic OH excluding ortho intramolecular Hbond substituents is 1. The van der Waals surface area contributed by atoms with E-state index in [1.807, 2.05) is 55.5 Å². The first-order chi connectivity index (χ1) is 24.1. The number of hydrogen-bond donors (Lipinski definition) is 2. The van der Waals surface area contributed by atoms with E-state index >= 15 is 4.79 Å². The number of hydrogen-bond acceptors (Lipinski definition) is 8. The Balaban J connectivity index is 1.30. The molecule has 2 N–H and O–H groups in total. The molecule has 6 atom stereocenters. The fraction of sp³-hybridized carbons (Fsp3) is 0.231. The Morgan fingerprint density at radius 3 is 2.28 bits per heavy atom. The smallest absolute Gasteiger partial charge is 0.271 e. The summed E-state index contributed by atoms with van der Waals surface area (Å²) in [6.45, 7) is 1.93. The molecule has 2 saturated heterocycles. The van der Waals surface area contributed by atoms with Crippen LogP contribution in [0.15, 0.2) is 115 Å². The van der Waals surface area contributed by atoms with E-state index in [4.69, 9.17) is 0 Å². The zero-order valence-corrected chi connectivity index (χ0v) is 26.9. The molecule has 250 valence electrons. The highest BCUT2D eigenvalue weighted by atomic mass is 16.6. The zero-order valence-electron chi connectivity index (χ0n) is 26.9. The van der Waals surface area contributed by atoms with Crippen molar-refractivity contribution in [1.29, 1.82) is 0 Å². The summed E-state index contributed by atoms with van der Waals surface area (Å²) in [5, 5.41) is 24.0. The number of hydrazine groups is 1. The van der Waals surface area contributed by atoms with Crippen LogP contribution in [0.5, 0.6) is 5.75 Å². The van der Waals surface area contributed by atoms with Crippen LogP contribution in [-0.2, 0) is 24.6 Å². The summed E-state index contributed by atoms with van der Waals surface area (Å²) in [5.41, 5.74) is 4.69. The van der Waals surface area contributed by atoms with Gasteiger partial charge in [-0.25, -0.2) is 4.90 Å². The number of aromatic hydroxyl groups is 1. The highest BCUT2D eigenvalue weighted by molar-refractivity contribution is 6.22. The van der Waals surface area contributed by atoms with Crippen LogP contribution >= 0.6 is 0 Å². The number of amides is 4. The van der Waals surface area contributed by atoms with Crippen LogP contribution in [0, 0.1) is 40.7 Å². The SMILES string of the molecule is Cc1ccc(NN2C(=O)[C@@H]3C[C@@H]4C(=CC[C@@H]5C(=O)N(c6cccc([N+](=O)[O-])c6)C(=O)[C@@H]54)[C@H](c4ccccc4O)[C@]3(c3ccccc3)C2=O)cc1. The summed E-state index contributed by atoms with van der Waals surface area (Å²) in [5.74, 6) is -6.14. The fourth-order valence-electron chi connectivity index (χ4n) is 8.82. The van der Waals surface area contributed by atoms with Crippen molar-refractivity contribution in [2.24, 2.45) is 23.7 Å². The molecule has 2 aliphatic heterocycles. The summed E-state index contributed by atoms with van der Waals surface area (Å²) >= 11 is 0. The first-order valence-corrected chi connectivity index (χ1v) is 16.5. The van der Waals surface area contributed by atoms with Crippen molar-refractivity contribution in [3.05, 3.63) is 142 Å². The predicted molar refractivity (Wildman–Crippen MR) is 182 cm³/mol. The maximum atomic E-state index is 15.1. The molecule has 2 heterocycles. The topological polar surface area (TPSA) is 150 Å². The quantitative estimate of drug-likeness (QED) is 0.113. The van der Waals surface area contributed by atoms with Gasteiger partial charge in [-0.05, 0) is 55.5 Å². The lowest BCUT2D eigenvalue weighted by Crippen LogP contribution is -2.53. The third-order valence-corrected chi connectivity index (χ3v) is 10.9. The summed E-state index contributed by atoms with van der Waals surface area (Å²) in [6, 6.07) is 28.5. The van der Waals surface area contributed by atoms with Crippen molar-refractivity contribution in [1.82, 2.24) is 5.01 Å². The second-order valence-corrected chi connectivity index (χ2v) is 13.4. The molecule has 11 nitrogen and oxygen atoms in total. The highest BCUT2D eigenvalue weighted by Crippen LogP contribution is 2.65. The number of rotatable bonds is 6. The van der Waals surface area contributed by atoms with Crippen LogP contribution in [0.25, 0.3) is 0 Å². The summed E-state index contributed by atoms with van der Waals surface area (Å²) < 4.78 is 0. The number of allylic oxidation sites excluding steroid dienone is 2. The van der Waals surface area contributed by atoms with E-state index in [1.54, 1.807) is 30.3 Å². The number of benzene rings is 4. The van der Waals surface area contributed by atoms with Gasteiger partial charge in [0.2, 0.25) is 11.8 Å². The normalized spacial score (nSPS) is 27.1. The van der Waals surface area contributed by atoms with E-state index in [0.29, 0.717) is 22.4 Å². The second kappa shape index (κ2) is 11.5. The molecule has 4 amide bonds. The van der Waals surface area contributed by atoms with E-state index in [0.717, 1.165) is 15.5 Å². The maximum Gasteiger partial charge on any atom is 0.271 e. The molecule has 2 aliphatic carbocycles. The largest absolute Gasteiger partial charge is 0.508 e. The molecule has 50 heavy (non-hydrogen) atoms. The average Bonchev–Trinajstić information content (AvgIpc) is 3.50. The number of phenols is 1. The van der Waals surface area contributed by atoms with Crippen molar-refractivity contribution >= 4 is 40.7 Å². The molecule has 4 aliphatic rings. The van der Waals surface area contributed by atoms with Crippen molar-refractivity contribution < 1.29 is 29.2 Å². The van der Waals surface area contributed by atoms with Gasteiger partial charge in [0, 0.05) is 23.6 Å². The number of carbonyl (C=O) groups is 4. The Labute approximate surface area is 286 Å². The Morgan fingerprint density at radius 1 is 0.840 bits per heavy atom. The number of nitro benzene ring substituents is 1. The number of carbonyl (C=O) groups excluding carboxylic acids is 4. The molecule has 11 heteroatoms. The number of fused-ring (bicyclic) bond motifs is 4. The van der Waals surface area contributed by atoms with Crippen molar-refractivity contribution in [3.63, 3.8) is 0 Å². The van der Waals surface area contributed by atoms with Gasteiger partial charge in [-0.1, -0.05) is 83.9 Å². The number of nitrogens with zero attached hydrogens (tertiary/aromatic N) is 3. The Kier molecular flexibility index (Phi) is 7.18. The van der Waals surface area contributed by atoms with Gasteiger partial charge in [-0.15, -0.1) is 0 Å². The Morgan fingerprint density at radius 2 is 1.56 bits per heavy atom. The van der Waals surface area contributed by atoms with Gasteiger partial charge >= 0.3 is 0 Å². The molecule has 8 rings (SSSR count). The van der Waals surface area contributed by atoms with Gasteiger partial charge in [0.05, 0.1) is 39.5 Å². The van der Waals surface area contributed by atoms with Crippen LogP contribution < -0.4 is 10.3 Å². The molecule has 0 radical (unpaired) electrons. The number of nitrogens with one attached hydrogen (secondary N) is 1. The molecule has 4 aromatic carbocycles. The van der Waals surface area contributed by atoms with Crippen LogP contribution in [0.4, 0.5) is 17.1 Å². The van der Waals surface area contributed by atoms with Crippen molar-refractivity contribution in [3.8, 4) is 5.75 Å². The molecular formula is C39H32N4O7. The number of para-hydroxylation sites is 1. The van der Waals surface area contributed by atoms with Gasteiger partial charge < -0.3 is 5.11 Å². The minimum absolute atomic E-state index is 0.0625. The molecule has 4 aromatic rings. The molecule has 0 bridgehead atoms. The number of imide groups is 2. The predicted octanol–water partition coefficient (Wildman–Crippen LogP) is 5.80. The van der Waals surface area contributed by atoms with Gasteiger partial charge in [-0.3, -0.25) is 34.7 Å². The van der Waals surface area contributed by atoms with E-state index in [-0.39, 0.29) is 30.0 Å². The van der Waals surface area contributed by atoms with Crippen LogP contribution in [0.3, 0.4) is 0 Å². The van der Waals surface area contributed by atoms with E-state index in [1.165, 1.54) is 30.3 Å². The van der Waals surface area contributed by atoms with Crippen LogP contribution in [-0.4, -0.2) is 38.7 Å². The minimum atomic E-state index is -1.50. The molecule has 0 aromatic heterocycles. The zero-order chi connectivity index (χ0) is 34.9. The van der Waals surface area contributed by atoms with Gasteiger partial charge in [-0.2, -0.15) is 5.01 Å². The van der Waals surface area contributed by atoms with E-state index < -0.39 is 63.6 Å². The molecule has 3 fully saturated rings. The first kappa shape index (κ1) is 31.2. The van der Waals surface area contributed by atoms with Crippen LogP contribution in [0.1, 0.15) is 35.4 Å². The lowest BCUT2D eigenvalue weighted by molar-refractivity contribution is -0.384. The van der Waals surface area contributed by atoms with E-state index in [2.05, 4.69) is 5.43 Å². The number of nitro groups is 1.